The summed E-state index contributed by atoms with van der Waals surface area (Å²) >= 11 is 0. The Balaban J connectivity index is 1.35. The summed E-state index contributed by atoms with van der Waals surface area (Å²) in [7, 11) is 1.89. The summed E-state index contributed by atoms with van der Waals surface area (Å²) in [5, 5.41) is 3.15. The Kier molecular flexibility index (Phi) is 6.49. The lowest BCUT2D eigenvalue weighted by Gasteiger charge is -2.53. The second-order valence-electron chi connectivity index (χ2n) is 10.7. The van der Waals surface area contributed by atoms with Gasteiger partial charge in [0, 0.05) is 37.2 Å². The van der Waals surface area contributed by atoms with Crippen LogP contribution in [-0.4, -0.2) is 40.8 Å². The van der Waals surface area contributed by atoms with Crippen LogP contribution in [-0.2, 0) is 15.9 Å². The first-order valence-corrected chi connectivity index (χ1v) is 12.9. The maximum Gasteiger partial charge on any atom is 0.198 e. The van der Waals surface area contributed by atoms with Crippen molar-refractivity contribution in [2.24, 2.45) is 23.7 Å². The molecule has 2 fully saturated rings. The van der Waals surface area contributed by atoms with Gasteiger partial charge in [-0.1, -0.05) is 27.7 Å². The molecule has 1 unspecified atom stereocenters. The number of oxazole rings is 1. The molecule has 2 aromatic heterocycles. The number of rotatable bonds is 6. The second-order valence-corrected chi connectivity index (χ2v) is 10.7. The van der Waals surface area contributed by atoms with Crippen LogP contribution in [0.3, 0.4) is 0 Å². The van der Waals surface area contributed by atoms with E-state index in [-0.39, 0.29) is 35.7 Å². The molecular formula is C28H37N3O4. The Labute approximate surface area is 207 Å². The van der Waals surface area contributed by atoms with E-state index in [0.29, 0.717) is 23.9 Å². The van der Waals surface area contributed by atoms with E-state index in [1.807, 2.05) is 44.3 Å². The maximum atomic E-state index is 13.1. The molecule has 0 radical (unpaired) electrons. The van der Waals surface area contributed by atoms with Gasteiger partial charge in [0.2, 0.25) is 0 Å². The normalized spacial score (nSPS) is 32.1. The molecule has 7 nitrogen and oxygen atoms in total. The summed E-state index contributed by atoms with van der Waals surface area (Å²) < 4.78 is 19.7. The zero-order valence-corrected chi connectivity index (χ0v) is 21.3. The molecule has 2 saturated heterocycles. The molecule has 0 aliphatic carbocycles. The number of anilines is 1. The summed E-state index contributed by atoms with van der Waals surface area (Å²) in [6, 6.07) is 9.62. The van der Waals surface area contributed by atoms with Gasteiger partial charge in [-0.15, -0.1) is 0 Å². The number of hydrogen-bond donors (Lipinski definition) is 2. The van der Waals surface area contributed by atoms with Gasteiger partial charge in [0.25, 0.3) is 0 Å². The number of carbonyl (C=O) groups is 1. The highest BCUT2D eigenvalue weighted by molar-refractivity contribution is 5.96. The van der Waals surface area contributed by atoms with Gasteiger partial charge in [-0.25, -0.2) is 4.98 Å². The third kappa shape index (κ3) is 4.52. The van der Waals surface area contributed by atoms with Crippen LogP contribution in [0.25, 0.3) is 11.1 Å². The molecule has 0 saturated carbocycles. The molecular weight excluding hydrogens is 442 g/mol. The van der Waals surface area contributed by atoms with Gasteiger partial charge in [0.15, 0.2) is 23.0 Å². The third-order valence-electron chi connectivity index (χ3n) is 8.17. The van der Waals surface area contributed by atoms with Gasteiger partial charge < -0.3 is 24.2 Å². The van der Waals surface area contributed by atoms with Crippen LogP contribution in [0.2, 0.25) is 0 Å². The molecule has 2 aliphatic heterocycles. The molecule has 7 heteroatoms. The molecule has 0 amide bonds. The minimum absolute atomic E-state index is 0.0634. The van der Waals surface area contributed by atoms with Gasteiger partial charge >= 0.3 is 0 Å². The second kappa shape index (κ2) is 9.43. The predicted molar refractivity (Wildman–Crippen MR) is 135 cm³/mol. The molecule has 2 aliphatic rings. The summed E-state index contributed by atoms with van der Waals surface area (Å²) in [6.07, 6.45) is 4.92. The molecule has 188 valence electrons. The van der Waals surface area contributed by atoms with Crippen LogP contribution in [0.5, 0.6) is 0 Å². The number of carbonyl (C=O) groups excluding carboxylic acids is 1. The molecule has 5 rings (SSSR count). The van der Waals surface area contributed by atoms with Crippen molar-refractivity contribution in [2.75, 3.05) is 12.4 Å². The standard InChI is InChI=1S/C28H37N3O4/c1-16-10-11-28(34-24(16)15-25-31-22-14-20(29-5)8-9-23(22)33-25)18(3)13-17(2)27(35-28)19(4)26(32)21-7-6-12-30-21/h6-9,12,14,16-19,24,27,29-30H,10-11,13,15H2,1-5H3/t16-,17-,18-,19-,24?,27+,28+/m1/s1. The first kappa shape index (κ1) is 24.1. The smallest absolute Gasteiger partial charge is 0.198 e. The average molecular weight is 480 g/mol. The number of aromatic amines is 1. The SMILES string of the molecule is CNc1ccc2oc(CC3O[C@@]4(CC[C@H]3C)O[C@H]([C@H](C)C(=O)c3ccc[nH]3)[C@H](C)C[C@H]4C)nc2c1. The van der Waals surface area contributed by atoms with Crippen molar-refractivity contribution >= 4 is 22.6 Å². The summed E-state index contributed by atoms with van der Waals surface area (Å²) in [6.45, 7) is 8.61. The van der Waals surface area contributed by atoms with E-state index >= 15 is 0 Å². The number of ketones is 1. The van der Waals surface area contributed by atoms with E-state index in [1.165, 1.54) is 0 Å². The molecule has 0 bridgehead atoms. The number of ether oxygens (including phenoxy) is 2. The molecule has 3 aromatic rings. The zero-order chi connectivity index (χ0) is 24.7. The minimum Gasteiger partial charge on any atom is -0.441 e. The lowest BCUT2D eigenvalue weighted by Crippen LogP contribution is -2.58. The van der Waals surface area contributed by atoms with E-state index in [1.54, 1.807) is 6.20 Å². The van der Waals surface area contributed by atoms with Crippen LogP contribution < -0.4 is 5.32 Å². The molecule has 1 aromatic carbocycles. The van der Waals surface area contributed by atoms with Gasteiger partial charge in [-0.05, 0) is 55.0 Å². The van der Waals surface area contributed by atoms with Crippen molar-refractivity contribution in [3.05, 3.63) is 48.1 Å². The summed E-state index contributed by atoms with van der Waals surface area (Å²) in [4.78, 5) is 20.9. The fraction of sp³-hybridized carbons (Fsp3) is 0.571. The van der Waals surface area contributed by atoms with E-state index in [9.17, 15) is 4.79 Å². The first-order valence-electron chi connectivity index (χ1n) is 12.9. The van der Waals surface area contributed by atoms with Crippen molar-refractivity contribution in [1.82, 2.24) is 9.97 Å². The lowest BCUT2D eigenvalue weighted by molar-refractivity contribution is -0.355. The fourth-order valence-electron chi connectivity index (χ4n) is 5.94. The Morgan fingerprint density at radius 3 is 2.80 bits per heavy atom. The fourth-order valence-corrected chi connectivity index (χ4v) is 5.94. The highest BCUT2D eigenvalue weighted by Crippen LogP contribution is 2.48. The van der Waals surface area contributed by atoms with Crippen molar-refractivity contribution < 1.29 is 18.7 Å². The van der Waals surface area contributed by atoms with Crippen molar-refractivity contribution in [3.8, 4) is 0 Å². The predicted octanol–water partition coefficient (Wildman–Crippen LogP) is 5.83. The Hall–Kier alpha value is -2.64. The van der Waals surface area contributed by atoms with Crippen LogP contribution in [0.15, 0.2) is 40.9 Å². The van der Waals surface area contributed by atoms with Gasteiger partial charge in [-0.3, -0.25) is 4.79 Å². The van der Waals surface area contributed by atoms with Crippen LogP contribution in [0.1, 0.15) is 63.3 Å². The molecule has 7 atom stereocenters. The van der Waals surface area contributed by atoms with Gasteiger partial charge in [0.05, 0.1) is 24.3 Å². The van der Waals surface area contributed by atoms with E-state index in [0.717, 1.165) is 36.0 Å². The van der Waals surface area contributed by atoms with E-state index in [4.69, 9.17) is 18.9 Å². The van der Waals surface area contributed by atoms with Crippen molar-refractivity contribution in [3.63, 3.8) is 0 Å². The summed E-state index contributed by atoms with van der Waals surface area (Å²) in [5.74, 6) is 0.686. The number of Topliss-reactive ketones (excluding diaryl/α,β-unsaturated/α-hetero) is 1. The third-order valence-corrected chi connectivity index (χ3v) is 8.17. The molecule has 2 N–H and O–H groups in total. The molecule has 4 heterocycles. The van der Waals surface area contributed by atoms with Crippen LogP contribution in [0.4, 0.5) is 5.69 Å². The first-order chi connectivity index (χ1) is 16.8. The maximum absolute atomic E-state index is 13.1. The zero-order valence-electron chi connectivity index (χ0n) is 21.3. The highest BCUT2D eigenvalue weighted by atomic mass is 16.7. The largest absolute Gasteiger partial charge is 0.441 e. The number of benzene rings is 1. The number of H-pyrrole nitrogens is 1. The topological polar surface area (TPSA) is 89.4 Å². The van der Waals surface area contributed by atoms with Crippen molar-refractivity contribution in [1.29, 1.82) is 0 Å². The number of hydrogen-bond acceptors (Lipinski definition) is 6. The Morgan fingerprint density at radius 2 is 2.06 bits per heavy atom. The number of aromatic nitrogens is 2. The molecule has 1 spiro atoms. The van der Waals surface area contributed by atoms with Crippen LogP contribution >= 0.6 is 0 Å². The number of nitrogens with zero attached hydrogens (tertiary/aromatic N) is 1. The average Bonchev–Trinajstić information content (AvgIpc) is 3.52. The van der Waals surface area contributed by atoms with Crippen molar-refractivity contribution in [2.45, 2.75) is 71.4 Å². The van der Waals surface area contributed by atoms with Crippen LogP contribution in [0, 0.1) is 23.7 Å². The number of fused-ring (bicyclic) bond motifs is 1. The van der Waals surface area contributed by atoms with Gasteiger partial charge in [-0.2, -0.15) is 0 Å². The van der Waals surface area contributed by atoms with Gasteiger partial charge in [0.1, 0.15) is 5.52 Å². The minimum atomic E-state index is -0.691. The Bertz CT molecular complexity index is 1170. The van der Waals surface area contributed by atoms with E-state index in [2.05, 4.69) is 31.1 Å². The quantitative estimate of drug-likeness (QED) is 0.432. The number of nitrogens with one attached hydrogen (secondary N) is 2. The lowest BCUT2D eigenvalue weighted by atomic mass is 9.75. The van der Waals surface area contributed by atoms with E-state index < -0.39 is 5.79 Å². The summed E-state index contributed by atoms with van der Waals surface area (Å²) in [5.41, 5.74) is 3.27. The monoisotopic (exact) mass is 479 g/mol. The highest BCUT2D eigenvalue weighted by Gasteiger charge is 2.52. The molecule has 35 heavy (non-hydrogen) atoms. The Morgan fingerprint density at radius 1 is 1.23 bits per heavy atom.